The molecule has 0 aliphatic rings. The third kappa shape index (κ3) is 6.15. The van der Waals surface area contributed by atoms with Gasteiger partial charge in [-0.25, -0.2) is 4.79 Å². The lowest BCUT2D eigenvalue weighted by Crippen LogP contribution is -2.34. The van der Waals surface area contributed by atoms with Gasteiger partial charge < -0.3 is 19.8 Å². The summed E-state index contributed by atoms with van der Waals surface area (Å²) in [7, 11) is 0. The SMILES string of the molecule is CC(C)(C)OC(=O)c1ccc(Cl)c(N(CC(=O)O)CC(=O)O)c1. The fourth-order valence-corrected chi connectivity index (χ4v) is 2.01. The van der Waals surface area contributed by atoms with Crippen molar-refractivity contribution in [1.29, 1.82) is 0 Å². The maximum Gasteiger partial charge on any atom is 0.338 e. The normalized spacial score (nSPS) is 11.0. The lowest BCUT2D eigenvalue weighted by atomic mass is 10.1. The van der Waals surface area contributed by atoms with Crippen molar-refractivity contribution in [3.05, 3.63) is 28.8 Å². The molecule has 126 valence electrons. The summed E-state index contributed by atoms with van der Waals surface area (Å²) in [5.41, 5.74) is -0.404. The van der Waals surface area contributed by atoms with Crippen molar-refractivity contribution in [3.63, 3.8) is 0 Å². The van der Waals surface area contributed by atoms with Gasteiger partial charge in [0.05, 0.1) is 16.3 Å². The van der Waals surface area contributed by atoms with Crippen molar-refractivity contribution in [2.24, 2.45) is 0 Å². The number of esters is 1. The van der Waals surface area contributed by atoms with Gasteiger partial charge in [0.25, 0.3) is 0 Å². The van der Waals surface area contributed by atoms with Crippen molar-refractivity contribution in [2.45, 2.75) is 26.4 Å². The van der Waals surface area contributed by atoms with E-state index >= 15 is 0 Å². The Kier molecular flexibility index (Phi) is 5.98. The average molecular weight is 344 g/mol. The van der Waals surface area contributed by atoms with Crippen LogP contribution in [0, 0.1) is 0 Å². The minimum absolute atomic E-state index is 0.139. The monoisotopic (exact) mass is 343 g/mol. The fraction of sp³-hybridized carbons (Fsp3) is 0.400. The summed E-state index contributed by atoms with van der Waals surface area (Å²) < 4.78 is 5.23. The summed E-state index contributed by atoms with van der Waals surface area (Å²) in [4.78, 5) is 35.0. The Labute approximate surface area is 138 Å². The molecule has 7 nitrogen and oxygen atoms in total. The predicted octanol–water partition coefficient (Wildman–Crippen LogP) is 2.27. The van der Waals surface area contributed by atoms with E-state index in [9.17, 15) is 14.4 Å². The van der Waals surface area contributed by atoms with Crippen molar-refractivity contribution < 1.29 is 29.3 Å². The molecule has 0 spiro atoms. The molecule has 0 atom stereocenters. The van der Waals surface area contributed by atoms with Crippen molar-refractivity contribution >= 4 is 35.2 Å². The first-order chi connectivity index (χ1) is 10.5. The molecular weight excluding hydrogens is 326 g/mol. The number of anilines is 1. The molecule has 0 aromatic heterocycles. The van der Waals surface area contributed by atoms with Crippen LogP contribution in [0.4, 0.5) is 5.69 Å². The van der Waals surface area contributed by atoms with Gasteiger partial charge >= 0.3 is 17.9 Å². The van der Waals surface area contributed by atoms with Gasteiger partial charge in [-0.05, 0) is 39.0 Å². The molecule has 0 heterocycles. The first kappa shape index (κ1) is 18.8. The van der Waals surface area contributed by atoms with E-state index in [2.05, 4.69) is 0 Å². The molecule has 1 aromatic rings. The van der Waals surface area contributed by atoms with Gasteiger partial charge in [-0.1, -0.05) is 11.6 Å². The lowest BCUT2D eigenvalue weighted by molar-refractivity contribution is -0.136. The Hall–Kier alpha value is -2.28. The second-order valence-electron chi connectivity index (χ2n) is 5.81. The van der Waals surface area contributed by atoms with Crippen molar-refractivity contribution in [3.8, 4) is 0 Å². The molecule has 0 amide bonds. The maximum absolute atomic E-state index is 12.1. The number of halogens is 1. The molecule has 0 saturated heterocycles. The minimum Gasteiger partial charge on any atom is -0.480 e. The van der Waals surface area contributed by atoms with Gasteiger partial charge in [0.1, 0.15) is 18.7 Å². The smallest absolute Gasteiger partial charge is 0.338 e. The number of carbonyl (C=O) groups is 3. The van der Waals surface area contributed by atoms with Gasteiger partial charge in [-0.2, -0.15) is 0 Å². The zero-order chi connectivity index (χ0) is 17.8. The summed E-state index contributed by atoms with van der Waals surface area (Å²) in [6.07, 6.45) is 0. The van der Waals surface area contributed by atoms with Crippen LogP contribution in [-0.4, -0.2) is 46.8 Å². The molecule has 0 aliphatic heterocycles. The van der Waals surface area contributed by atoms with Crippen LogP contribution in [0.1, 0.15) is 31.1 Å². The molecule has 8 heteroatoms. The van der Waals surface area contributed by atoms with E-state index in [1.165, 1.54) is 18.2 Å². The number of carbonyl (C=O) groups excluding carboxylic acids is 1. The maximum atomic E-state index is 12.1. The van der Waals surface area contributed by atoms with Crippen LogP contribution in [0.2, 0.25) is 5.02 Å². The molecular formula is C15H18ClNO6. The van der Waals surface area contributed by atoms with Crippen LogP contribution in [0.15, 0.2) is 18.2 Å². The molecule has 2 N–H and O–H groups in total. The highest BCUT2D eigenvalue weighted by molar-refractivity contribution is 6.33. The van der Waals surface area contributed by atoms with E-state index < -0.39 is 36.6 Å². The number of carboxylic acids is 2. The van der Waals surface area contributed by atoms with E-state index in [0.29, 0.717) is 0 Å². The summed E-state index contributed by atoms with van der Waals surface area (Å²) in [5.74, 6) is -3.05. The van der Waals surface area contributed by atoms with Crippen LogP contribution in [0.25, 0.3) is 0 Å². The highest BCUT2D eigenvalue weighted by atomic mass is 35.5. The molecule has 0 saturated carbocycles. The second-order valence-corrected chi connectivity index (χ2v) is 6.22. The number of aliphatic carboxylic acids is 2. The topological polar surface area (TPSA) is 104 Å². The highest BCUT2D eigenvalue weighted by Crippen LogP contribution is 2.28. The Morgan fingerprint density at radius 2 is 1.65 bits per heavy atom. The Bertz CT molecular complexity index is 607. The van der Waals surface area contributed by atoms with E-state index in [1.54, 1.807) is 20.8 Å². The predicted molar refractivity (Wildman–Crippen MR) is 84.1 cm³/mol. The largest absolute Gasteiger partial charge is 0.480 e. The Morgan fingerprint density at radius 3 is 2.09 bits per heavy atom. The van der Waals surface area contributed by atoms with E-state index in [4.69, 9.17) is 26.6 Å². The Morgan fingerprint density at radius 1 is 1.13 bits per heavy atom. The molecule has 0 unspecified atom stereocenters. The van der Waals surface area contributed by atoms with Crippen LogP contribution in [0.3, 0.4) is 0 Å². The second kappa shape index (κ2) is 7.32. The number of carboxylic acid groups (broad SMARTS) is 2. The number of benzene rings is 1. The van der Waals surface area contributed by atoms with Gasteiger partial charge in [-0.3, -0.25) is 9.59 Å². The first-order valence-corrected chi connectivity index (χ1v) is 7.09. The molecule has 0 aliphatic carbocycles. The third-order valence-corrected chi connectivity index (χ3v) is 2.89. The summed E-state index contributed by atoms with van der Waals surface area (Å²) in [6, 6.07) is 4.15. The minimum atomic E-state index is -1.22. The fourth-order valence-electron chi connectivity index (χ4n) is 1.77. The van der Waals surface area contributed by atoms with Crippen LogP contribution in [-0.2, 0) is 14.3 Å². The van der Waals surface area contributed by atoms with Gasteiger partial charge in [0.2, 0.25) is 0 Å². The zero-order valence-corrected chi connectivity index (χ0v) is 13.8. The molecule has 1 aromatic carbocycles. The van der Waals surface area contributed by atoms with E-state index in [0.717, 1.165) is 4.90 Å². The summed E-state index contributed by atoms with van der Waals surface area (Å²) in [5, 5.41) is 18.0. The van der Waals surface area contributed by atoms with Gasteiger partial charge in [0, 0.05) is 0 Å². The lowest BCUT2D eigenvalue weighted by Gasteiger charge is -2.23. The number of ether oxygens (including phenoxy) is 1. The standard InChI is InChI=1S/C15H18ClNO6/c1-15(2,3)23-14(22)9-4-5-10(16)11(6-9)17(7-12(18)19)8-13(20)21/h4-6H,7-8H2,1-3H3,(H,18,19)(H,20,21). The average Bonchev–Trinajstić information content (AvgIpc) is 2.35. The summed E-state index contributed by atoms with van der Waals surface area (Å²) >= 11 is 6.02. The van der Waals surface area contributed by atoms with Crippen LogP contribution < -0.4 is 4.90 Å². The molecule has 23 heavy (non-hydrogen) atoms. The van der Waals surface area contributed by atoms with Crippen LogP contribution in [0.5, 0.6) is 0 Å². The number of rotatable bonds is 6. The zero-order valence-electron chi connectivity index (χ0n) is 13.0. The van der Waals surface area contributed by atoms with Gasteiger partial charge in [0.15, 0.2) is 0 Å². The van der Waals surface area contributed by atoms with Crippen molar-refractivity contribution in [1.82, 2.24) is 0 Å². The van der Waals surface area contributed by atoms with Gasteiger partial charge in [-0.15, -0.1) is 0 Å². The first-order valence-electron chi connectivity index (χ1n) is 6.71. The molecule has 0 radical (unpaired) electrons. The number of nitrogens with zero attached hydrogens (tertiary/aromatic N) is 1. The van der Waals surface area contributed by atoms with Crippen molar-refractivity contribution in [2.75, 3.05) is 18.0 Å². The van der Waals surface area contributed by atoms with Crippen LogP contribution >= 0.6 is 11.6 Å². The van der Waals surface area contributed by atoms with E-state index in [1.807, 2.05) is 0 Å². The Balaban J connectivity index is 3.18. The highest BCUT2D eigenvalue weighted by Gasteiger charge is 2.22. The van der Waals surface area contributed by atoms with E-state index in [-0.39, 0.29) is 16.3 Å². The molecule has 0 bridgehead atoms. The third-order valence-electron chi connectivity index (χ3n) is 2.57. The number of hydrogen-bond acceptors (Lipinski definition) is 5. The molecule has 1 rings (SSSR count). The number of hydrogen-bond donors (Lipinski definition) is 2. The quantitative estimate of drug-likeness (QED) is 0.763. The summed E-state index contributed by atoms with van der Waals surface area (Å²) in [6.45, 7) is 4.00. The molecule has 0 fully saturated rings.